The highest BCUT2D eigenvalue weighted by Crippen LogP contribution is 2.36. The van der Waals surface area contributed by atoms with E-state index in [4.69, 9.17) is 11.6 Å². The minimum absolute atomic E-state index is 0.00521. The Bertz CT molecular complexity index is 1050. The molecule has 3 aromatic rings. The molecule has 1 atom stereocenters. The van der Waals surface area contributed by atoms with Gasteiger partial charge in [-0.1, -0.05) is 41.6 Å². The number of rotatable bonds is 3. The Morgan fingerprint density at radius 2 is 2.00 bits per heavy atom. The molecular formula is C20H18ClN5O. The molecule has 6 nitrogen and oxygen atoms in total. The number of halogens is 1. The summed E-state index contributed by atoms with van der Waals surface area (Å²) in [5.41, 5.74) is 3.45. The SMILES string of the molecule is Cn1cc(C#CCN2C(=O)c3ccccc3C2Cc2c(Cl)cnn2C)cn1. The van der Waals surface area contributed by atoms with Gasteiger partial charge in [-0.05, 0) is 11.6 Å². The number of aryl methyl sites for hydroxylation is 2. The monoisotopic (exact) mass is 379 g/mol. The fourth-order valence-electron chi connectivity index (χ4n) is 3.41. The third-order valence-electron chi connectivity index (χ3n) is 4.77. The van der Waals surface area contributed by atoms with Crippen LogP contribution in [-0.2, 0) is 20.5 Å². The quantitative estimate of drug-likeness (QED) is 0.657. The fraction of sp³-hybridized carbons (Fsp3) is 0.250. The number of benzene rings is 1. The first-order valence-corrected chi connectivity index (χ1v) is 8.96. The maximum Gasteiger partial charge on any atom is 0.255 e. The summed E-state index contributed by atoms with van der Waals surface area (Å²) in [6.45, 7) is 0.336. The van der Waals surface area contributed by atoms with Crippen LogP contribution in [0.15, 0.2) is 42.9 Å². The van der Waals surface area contributed by atoms with E-state index >= 15 is 0 Å². The second kappa shape index (κ2) is 6.93. The van der Waals surface area contributed by atoms with Crippen molar-refractivity contribution < 1.29 is 4.79 Å². The zero-order valence-electron chi connectivity index (χ0n) is 15.1. The summed E-state index contributed by atoms with van der Waals surface area (Å²) in [6, 6.07) is 7.58. The van der Waals surface area contributed by atoms with Crippen LogP contribution in [-0.4, -0.2) is 36.9 Å². The summed E-state index contributed by atoms with van der Waals surface area (Å²) in [6.07, 6.45) is 5.78. The number of aromatic nitrogens is 4. The summed E-state index contributed by atoms with van der Waals surface area (Å²) in [5.74, 6) is 6.17. The molecule has 0 fully saturated rings. The van der Waals surface area contributed by atoms with Crippen LogP contribution in [0.4, 0.5) is 0 Å². The van der Waals surface area contributed by atoms with Gasteiger partial charge in [0.25, 0.3) is 5.91 Å². The summed E-state index contributed by atoms with van der Waals surface area (Å²) in [7, 11) is 3.70. The van der Waals surface area contributed by atoms with E-state index in [1.807, 2.05) is 44.6 Å². The number of hydrogen-bond donors (Lipinski definition) is 0. The van der Waals surface area contributed by atoms with Crippen LogP contribution in [0, 0.1) is 11.8 Å². The summed E-state index contributed by atoms with van der Waals surface area (Å²) in [5, 5.41) is 8.92. The van der Waals surface area contributed by atoms with Crippen LogP contribution in [0.25, 0.3) is 0 Å². The molecule has 7 heteroatoms. The molecule has 0 bridgehead atoms. The van der Waals surface area contributed by atoms with E-state index in [1.165, 1.54) is 0 Å². The highest BCUT2D eigenvalue weighted by molar-refractivity contribution is 6.31. The number of hydrogen-bond acceptors (Lipinski definition) is 3. The standard InChI is InChI=1S/C20H18ClN5O/c1-24-13-14(11-22-24)6-5-9-26-18(10-19-17(21)12-23-25(19)2)15-7-3-4-8-16(15)20(26)27/h3-4,7-8,11-13,18H,9-10H2,1-2H3. The zero-order chi connectivity index (χ0) is 19.0. The van der Waals surface area contributed by atoms with E-state index in [-0.39, 0.29) is 11.9 Å². The molecule has 4 rings (SSSR count). The van der Waals surface area contributed by atoms with Crippen LogP contribution in [0.2, 0.25) is 5.02 Å². The lowest BCUT2D eigenvalue weighted by molar-refractivity contribution is 0.0750. The van der Waals surface area contributed by atoms with Gasteiger partial charge in [-0.25, -0.2) is 0 Å². The van der Waals surface area contributed by atoms with Crippen LogP contribution >= 0.6 is 11.6 Å². The zero-order valence-corrected chi connectivity index (χ0v) is 15.8. The van der Waals surface area contributed by atoms with Crippen molar-refractivity contribution in [3.63, 3.8) is 0 Å². The number of fused-ring (bicyclic) bond motifs is 1. The predicted molar refractivity (Wildman–Crippen MR) is 102 cm³/mol. The van der Waals surface area contributed by atoms with Crippen LogP contribution in [0.3, 0.4) is 0 Å². The summed E-state index contributed by atoms with van der Waals surface area (Å²) >= 11 is 6.30. The number of carbonyl (C=O) groups excluding carboxylic acids is 1. The molecule has 3 heterocycles. The maximum absolute atomic E-state index is 12.9. The number of carbonyl (C=O) groups is 1. The first-order valence-electron chi connectivity index (χ1n) is 8.58. The van der Waals surface area contributed by atoms with E-state index in [2.05, 4.69) is 22.0 Å². The van der Waals surface area contributed by atoms with Crippen LogP contribution in [0.1, 0.15) is 33.2 Å². The van der Waals surface area contributed by atoms with E-state index in [0.29, 0.717) is 18.0 Å². The minimum Gasteiger partial charge on any atom is -0.320 e. The van der Waals surface area contributed by atoms with Crippen molar-refractivity contribution >= 4 is 17.5 Å². The lowest BCUT2D eigenvalue weighted by Crippen LogP contribution is -2.30. The van der Waals surface area contributed by atoms with Gasteiger partial charge in [0.05, 0.1) is 41.3 Å². The third-order valence-corrected chi connectivity index (χ3v) is 5.09. The van der Waals surface area contributed by atoms with Gasteiger partial charge in [0.2, 0.25) is 0 Å². The molecule has 1 amide bonds. The van der Waals surface area contributed by atoms with Crippen molar-refractivity contribution in [3.8, 4) is 11.8 Å². The molecule has 0 saturated heterocycles. The molecular weight excluding hydrogens is 362 g/mol. The summed E-state index contributed by atoms with van der Waals surface area (Å²) in [4.78, 5) is 14.7. The van der Waals surface area contributed by atoms with E-state index in [9.17, 15) is 4.79 Å². The van der Waals surface area contributed by atoms with Crippen molar-refractivity contribution in [2.75, 3.05) is 6.54 Å². The molecule has 1 aliphatic rings. The molecule has 0 radical (unpaired) electrons. The fourth-order valence-corrected chi connectivity index (χ4v) is 3.65. The molecule has 1 aliphatic heterocycles. The van der Waals surface area contributed by atoms with Crippen molar-refractivity contribution in [1.82, 2.24) is 24.5 Å². The molecule has 1 unspecified atom stereocenters. The third kappa shape index (κ3) is 3.22. The normalized spacial score (nSPS) is 15.6. The van der Waals surface area contributed by atoms with E-state index in [0.717, 1.165) is 22.4 Å². The Hall–Kier alpha value is -3.04. The Kier molecular flexibility index (Phi) is 4.46. The number of nitrogens with zero attached hydrogens (tertiary/aromatic N) is 5. The lowest BCUT2D eigenvalue weighted by Gasteiger charge is -2.23. The van der Waals surface area contributed by atoms with Gasteiger partial charge >= 0.3 is 0 Å². The van der Waals surface area contributed by atoms with Gasteiger partial charge in [-0.3, -0.25) is 14.2 Å². The Morgan fingerprint density at radius 3 is 2.70 bits per heavy atom. The maximum atomic E-state index is 12.9. The van der Waals surface area contributed by atoms with E-state index < -0.39 is 0 Å². The summed E-state index contributed by atoms with van der Waals surface area (Å²) < 4.78 is 3.46. The molecule has 1 aromatic carbocycles. The second-order valence-corrected chi connectivity index (χ2v) is 6.91. The molecule has 0 N–H and O–H groups in total. The minimum atomic E-state index is -0.121. The number of amides is 1. The molecule has 136 valence electrons. The second-order valence-electron chi connectivity index (χ2n) is 6.51. The topological polar surface area (TPSA) is 56.0 Å². The predicted octanol–water partition coefficient (Wildman–Crippen LogP) is 2.60. The Morgan fingerprint density at radius 1 is 1.19 bits per heavy atom. The molecule has 0 spiro atoms. The van der Waals surface area contributed by atoms with Gasteiger partial charge in [-0.15, -0.1) is 0 Å². The highest BCUT2D eigenvalue weighted by atomic mass is 35.5. The smallest absolute Gasteiger partial charge is 0.255 e. The van der Waals surface area contributed by atoms with Gasteiger partial charge in [0, 0.05) is 32.3 Å². The Balaban J connectivity index is 1.64. The molecule has 0 aliphatic carbocycles. The first kappa shape index (κ1) is 17.4. The van der Waals surface area contributed by atoms with Crippen molar-refractivity contribution in [1.29, 1.82) is 0 Å². The van der Waals surface area contributed by atoms with Crippen LogP contribution in [0.5, 0.6) is 0 Å². The lowest BCUT2D eigenvalue weighted by atomic mass is 10.0. The molecule has 27 heavy (non-hydrogen) atoms. The van der Waals surface area contributed by atoms with Gasteiger partial charge in [0.1, 0.15) is 0 Å². The largest absolute Gasteiger partial charge is 0.320 e. The first-order chi connectivity index (χ1) is 13.0. The average molecular weight is 380 g/mol. The molecule has 0 saturated carbocycles. The highest BCUT2D eigenvalue weighted by Gasteiger charge is 2.36. The van der Waals surface area contributed by atoms with Crippen molar-refractivity contribution in [3.05, 3.63) is 70.3 Å². The van der Waals surface area contributed by atoms with Gasteiger partial charge in [-0.2, -0.15) is 10.2 Å². The van der Waals surface area contributed by atoms with Crippen molar-refractivity contribution in [2.24, 2.45) is 14.1 Å². The van der Waals surface area contributed by atoms with Crippen LogP contribution < -0.4 is 0 Å². The molecule has 2 aromatic heterocycles. The van der Waals surface area contributed by atoms with Gasteiger partial charge < -0.3 is 4.90 Å². The van der Waals surface area contributed by atoms with Gasteiger partial charge in [0.15, 0.2) is 0 Å². The van der Waals surface area contributed by atoms with E-state index in [1.54, 1.807) is 26.7 Å². The Labute approximate surface area is 162 Å². The van der Waals surface area contributed by atoms with Crippen molar-refractivity contribution in [2.45, 2.75) is 12.5 Å². The average Bonchev–Trinajstić information content (AvgIpc) is 3.30.